The summed E-state index contributed by atoms with van der Waals surface area (Å²) >= 11 is 0. The minimum absolute atomic E-state index is 0.208. The minimum Gasteiger partial charge on any atom is -0.447 e. The lowest BCUT2D eigenvalue weighted by Crippen LogP contribution is -2.30. The van der Waals surface area contributed by atoms with E-state index in [-0.39, 0.29) is 17.7 Å². The zero-order valence-corrected chi connectivity index (χ0v) is 12.1. The number of aliphatic hydroxyl groups excluding tert-OH is 1. The molecule has 1 fully saturated rings. The van der Waals surface area contributed by atoms with Crippen LogP contribution in [0.2, 0.25) is 0 Å². The van der Waals surface area contributed by atoms with Crippen LogP contribution >= 0.6 is 0 Å². The van der Waals surface area contributed by atoms with Crippen molar-refractivity contribution in [1.82, 2.24) is 9.88 Å². The number of amides is 2. The van der Waals surface area contributed by atoms with Gasteiger partial charge in [-0.3, -0.25) is 10.1 Å². The Kier molecular flexibility index (Phi) is 4.74. The van der Waals surface area contributed by atoms with Gasteiger partial charge in [-0.15, -0.1) is 0 Å². The number of pyridine rings is 1. The van der Waals surface area contributed by atoms with Gasteiger partial charge in [-0.2, -0.15) is 0 Å². The van der Waals surface area contributed by atoms with Gasteiger partial charge < -0.3 is 14.7 Å². The summed E-state index contributed by atoms with van der Waals surface area (Å²) in [5.41, 5.74) is 0.741. The van der Waals surface area contributed by atoms with Gasteiger partial charge in [0.05, 0.1) is 24.1 Å². The number of hydrogen-bond donors (Lipinski definition) is 2. The van der Waals surface area contributed by atoms with Crippen LogP contribution in [-0.2, 0) is 4.74 Å². The summed E-state index contributed by atoms with van der Waals surface area (Å²) in [4.78, 5) is 29.1. The molecule has 7 heteroatoms. The van der Waals surface area contributed by atoms with Crippen molar-refractivity contribution in [2.45, 2.75) is 32.5 Å². The summed E-state index contributed by atoms with van der Waals surface area (Å²) in [6, 6.07) is 3.13. The van der Waals surface area contributed by atoms with E-state index in [2.05, 4.69) is 10.3 Å². The first kappa shape index (κ1) is 15.2. The van der Waals surface area contributed by atoms with Crippen LogP contribution in [0.5, 0.6) is 0 Å². The molecular formula is C14H19N3O4. The van der Waals surface area contributed by atoms with E-state index in [1.165, 1.54) is 12.3 Å². The summed E-state index contributed by atoms with van der Waals surface area (Å²) in [5, 5.41) is 12.0. The van der Waals surface area contributed by atoms with E-state index < -0.39 is 12.2 Å². The van der Waals surface area contributed by atoms with Gasteiger partial charge in [-0.25, -0.2) is 9.78 Å². The fraction of sp³-hybridized carbons (Fsp3) is 0.500. The third-order valence-electron chi connectivity index (χ3n) is 3.02. The van der Waals surface area contributed by atoms with E-state index in [4.69, 9.17) is 4.74 Å². The molecule has 2 rings (SSSR count). The quantitative estimate of drug-likeness (QED) is 0.875. The highest BCUT2D eigenvalue weighted by Crippen LogP contribution is 2.14. The average Bonchev–Trinajstić information content (AvgIpc) is 2.84. The van der Waals surface area contributed by atoms with Crippen LogP contribution in [0.4, 0.5) is 10.5 Å². The number of nitrogens with one attached hydrogen (secondary N) is 1. The molecule has 2 heterocycles. The molecule has 0 bridgehead atoms. The molecule has 21 heavy (non-hydrogen) atoms. The summed E-state index contributed by atoms with van der Waals surface area (Å²) in [7, 11) is 0. The molecule has 2 amide bonds. The van der Waals surface area contributed by atoms with E-state index in [9.17, 15) is 14.7 Å². The van der Waals surface area contributed by atoms with Crippen molar-refractivity contribution in [1.29, 1.82) is 0 Å². The van der Waals surface area contributed by atoms with Crippen molar-refractivity contribution in [3.8, 4) is 0 Å². The Morgan fingerprint density at radius 3 is 2.76 bits per heavy atom. The predicted octanol–water partition coefficient (Wildman–Crippen LogP) is 1.25. The minimum atomic E-state index is -0.562. The van der Waals surface area contributed by atoms with Crippen molar-refractivity contribution in [2.75, 3.05) is 18.4 Å². The molecule has 0 radical (unpaired) electrons. The van der Waals surface area contributed by atoms with Gasteiger partial charge in [-0.05, 0) is 32.4 Å². The number of nitrogens with zero attached hydrogens (tertiary/aromatic N) is 2. The third kappa shape index (κ3) is 4.16. The number of carbonyl (C=O) groups is 2. The summed E-state index contributed by atoms with van der Waals surface area (Å²) in [5.74, 6) is -0.220. The zero-order chi connectivity index (χ0) is 15.4. The van der Waals surface area contributed by atoms with Crippen LogP contribution in [0.15, 0.2) is 18.3 Å². The van der Waals surface area contributed by atoms with Crippen LogP contribution in [0.25, 0.3) is 0 Å². The molecule has 1 aliphatic rings. The lowest BCUT2D eigenvalue weighted by atomic mass is 10.3. The van der Waals surface area contributed by atoms with Crippen LogP contribution in [0, 0.1) is 0 Å². The third-order valence-corrected chi connectivity index (χ3v) is 3.02. The summed E-state index contributed by atoms with van der Waals surface area (Å²) < 4.78 is 4.94. The monoisotopic (exact) mass is 293 g/mol. The molecule has 0 aromatic carbocycles. The first-order valence-electron chi connectivity index (χ1n) is 6.86. The SMILES string of the molecule is CC(C)OC(=O)Nc1ccc(C(=O)N2CC[C@@H](O)C2)nc1. The molecule has 1 aliphatic heterocycles. The number of β-amino-alcohol motifs (C(OH)–C–C–N with tert-alkyl or cyclic N) is 1. The van der Waals surface area contributed by atoms with Crippen molar-refractivity contribution in [3.63, 3.8) is 0 Å². The van der Waals surface area contributed by atoms with E-state index in [0.717, 1.165) is 0 Å². The highest BCUT2D eigenvalue weighted by atomic mass is 16.6. The Morgan fingerprint density at radius 1 is 1.48 bits per heavy atom. The van der Waals surface area contributed by atoms with Gasteiger partial charge in [0.1, 0.15) is 5.69 Å². The number of aromatic nitrogens is 1. The molecule has 0 spiro atoms. The van der Waals surface area contributed by atoms with Crippen LogP contribution in [0.3, 0.4) is 0 Å². The average molecular weight is 293 g/mol. The van der Waals surface area contributed by atoms with Crippen LogP contribution in [0.1, 0.15) is 30.8 Å². The van der Waals surface area contributed by atoms with Gasteiger partial charge in [0.2, 0.25) is 0 Å². The topological polar surface area (TPSA) is 91.8 Å². The number of rotatable bonds is 3. The van der Waals surface area contributed by atoms with Gasteiger partial charge in [0.25, 0.3) is 5.91 Å². The largest absolute Gasteiger partial charge is 0.447 e. The molecule has 0 saturated carbocycles. The molecule has 1 aromatic rings. The number of carbonyl (C=O) groups excluding carboxylic acids is 2. The molecule has 1 atom stereocenters. The lowest BCUT2D eigenvalue weighted by Gasteiger charge is -2.15. The maximum Gasteiger partial charge on any atom is 0.411 e. The van der Waals surface area contributed by atoms with E-state index in [1.807, 2.05) is 0 Å². The van der Waals surface area contributed by atoms with Crippen molar-refractivity contribution >= 4 is 17.7 Å². The van der Waals surface area contributed by atoms with Gasteiger partial charge in [0.15, 0.2) is 0 Å². The van der Waals surface area contributed by atoms with Crippen molar-refractivity contribution < 1.29 is 19.4 Å². The summed E-state index contributed by atoms with van der Waals surface area (Å²) in [6.45, 7) is 4.37. The second kappa shape index (κ2) is 6.53. The highest BCUT2D eigenvalue weighted by molar-refractivity contribution is 5.93. The Hall–Kier alpha value is -2.15. The van der Waals surface area contributed by atoms with Gasteiger partial charge in [0, 0.05) is 13.1 Å². The number of hydrogen-bond acceptors (Lipinski definition) is 5. The first-order chi connectivity index (χ1) is 9.95. The van der Waals surface area contributed by atoms with Crippen LogP contribution in [-0.4, -0.2) is 52.3 Å². The maximum absolute atomic E-state index is 12.1. The maximum atomic E-state index is 12.1. The second-order valence-electron chi connectivity index (χ2n) is 5.20. The fourth-order valence-corrected chi connectivity index (χ4v) is 2.04. The molecule has 0 unspecified atom stereocenters. The molecule has 1 saturated heterocycles. The number of ether oxygens (including phenoxy) is 1. The second-order valence-corrected chi connectivity index (χ2v) is 5.20. The molecule has 0 aliphatic carbocycles. The Bertz CT molecular complexity index is 515. The number of likely N-dealkylation sites (tertiary alicyclic amines) is 1. The van der Waals surface area contributed by atoms with Crippen molar-refractivity contribution in [3.05, 3.63) is 24.0 Å². The van der Waals surface area contributed by atoms with Crippen molar-refractivity contribution in [2.24, 2.45) is 0 Å². The Morgan fingerprint density at radius 2 is 2.24 bits per heavy atom. The van der Waals surface area contributed by atoms with Gasteiger partial charge in [-0.1, -0.05) is 0 Å². The number of aliphatic hydroxyl groups is 1. The molecule has 1 aromatic heterocycles. The smallest absolute Gasteiger partial charge is 0.411 e. The van der Waals surface area contributed by atoms with E-state index in [0.29, 0.717) is 25.2 Å². The fourth-order valence-electron chi connectivity index (χ4n) is 2.04. The zero-order valence-electron chi connectivity index (χ0n) is 12.1. The number of anilines is 1. The normalized spacial score (nSPS) is 17.9. The summed E-state index contributed by atoms with van der Waals surface area (Å²) in [6.07, 6.45) is 0.767. The Labute approximate surface area is 122 Å². The standard InChI is InChI=1S/C14H19N3O4/c1-9(2)21-14(20)16-10-3-4-12(15-7-10)13(19)17-6-5-11(18)8-17/h3-4,7,9,11,18H,5-6,8H2,1-2H3,(H,16,20)/t11-/m1/s1. The van der Waals surface area contributed by atoms with Crippen LogP contribution < -0.4 is 5.32 Å². The highest BCUT2D eigenvalue weighted by Gasteiger charge is 2.26. The lowest BCUT2D eigenvalue weighted by molar-refractivity contribution is 0.0759. The predicted molar refractivity (Wildman–Crippen MR) is 76.0 cm³/mol. The van der Waals surface area contributed by atoms with Gasteiger partial charge >= 0.3 is 6.09 Å². The first-order valence-corrected chi connectivity index (χ1v) is 6.86. The van der Waals surface area contributed by atoms with E-state index >= 15 is 0 Å². The molecule has 114 valence electrons. The Balaban J connectivity index is 1.95. The van der Waals surface area contributed by atoms with E-state index in [1.54, 1.807) is 24.8 Å². The molecule has 7 nitrogen and oxygen atoms in total. The molecule has 2 N–H and O–H groups in total. The molecular weight excluding hydrogens is 274 g/mol.